The summed E-state index contributed by atoms with van der Waals surface area (Å²) >= 11 is 0. The van der Waals surface area contributed by atoms with Crippen LogP contribution in [0.15, 0.2) is 18.2 Å². The molecule has 0 aliphatic carbocycles. The van der Waals surface area contributed by atoms with Gasteiger partial charge in [0.25, 0.3) is 5.69 Å². The minimum Gasteiger partial charge on any atom is -0.481 e. The van der Waals surface area contributed by atoms with Crippen molar-refractivity contribution in [1.29, 1.82) is 5.26 Å². The van der Waals surface area contributed by atoms with Gasteiger partial charge in [0.2, 0.25) is 0 Å². The molecular weight excluding hydrogens is 274 g/mol. The summed E-state index contributed by atoms with van der Waals surface area (Å²) in [6, 6.07) is 5.49. The van der Waals surface area contributed by atoms with Crippen LogP contribution in [0.4, 0.5) is 11.4 Å². The van der Waals surface area contributed by atoms with E-state index in [1.54, 1.807) is 6.07 Å². The molecule has 0 saturated heterocycles. The Bertz CT molecular complexity index is 599. The van der Waals surface area contributed by atoms with Gasteiger partial charge < -0.3 is 10.4 Å². The van der Waals surface area contributed by atoms with Crippen molar-refractivity contribution in [2.75, 3.05) is 5.32 Å². The SMILES string of the molecule is CC(C)(C)C(CC(=O)O)Nc1ccc(C#N)c([N+](=O)[O-])c1. The van der Waals surface area contributed by atoms with Crippen LogP contribution < -0.4 is 5.32 Å². The Kier molecular flexibility index (Phi) is 4.87. The lowest BCUT2D eigenvalue weighted by Gasteiger charge is -2.31. The van der Waals surface area contributed by atoms with E-state index in [9.17, 15) is 14.9 Å². The van der Waals surface area contributed by atoms with Gasteiger partial charge in [0, 0.05) is 17.8 Å². The lowest BCUT2D eigenvalue weighted by Crippen LogP contribution is -2.36. The molecule has 0 aromatic heterocycles. The van der Waals surface area contributed by atoms with E-state index in [1.807, 2.05) is 20.8 Å². The molecule has 7 heteroatoms. The van der Waals surface area contributed by atoms with Crippen LogP contribution in [0.5, 0.6) is 0 Å². The molecule has 1 aromatic rings. The summed E-state index contributed by atoms with van der Waals surface area (Å²) < 4.78 is 0. The highest BCUT2D eigenvalue weighted by Gasteiger charge is 2.27. The van der Waals surface area contributed by atoms with Gasteiger partial charge in [0.05, 0.1) is 11.3 Å². The number of carboxylic acids is 1. The number of benzene rings is 1. The Labute approximate surface area is 122 Å². The molecule has 2 N–H and O–H groups in total. The van der Waals surface area contributed by atoms with Gasteiger partial charge in [-0.2, -0.15) is 5.26 Å². The maximum absolute atomic E-state index is 10.9. The number of carbonyl (C=O) groups is 1. The molecule has 21 heavy (non-hydrogen) atoms. The van der Waals surface area contributed by atoms with Crippen molar-refractivity contribution >= 4 is 17.3 Å². The van der Waals surface area contributed by atoms with E-state index in [0.29, 0.717) is 5.69 Å². The summed E-state index contributed by atoms with van der Waals surface area (Å²) in [4.78, 5) is 21.2. The number of anilines is 1. The van der Waals surface area contributed by atoms with Gasteiger partial charge in [0.1, 0.15) is 11.6 Å². The standard InChI is InChI=1S/C14H17N3O4/c1-14(2,3)12(7-13(18)19)16-10-5-4-9(8-15)11(6-10)17(20)21/h4-6,12,16H,7H2,1-3H3,(H,18,19). The zero-order valence-electron chi connectivity index (χ0n) is 12.1. The predicted octanol–water partition coefficient (Wildman–Crippen LogP) is 2.77. The number of nitrogens with zero attached hydrogens (tertiary/aromatic N) is 2. The molecule has 0 fully saturated rings. The number of rotatable bonds is 5. The smallest absolute Gasteiger partial charge is 0.305 e. The second kappa shape index (κ2) is 6.22. The van der Waals surface area contributed by atoms with E-state index < -0.39 is 16.9 Å². The van der Waals surface area contributed by atoms with E-state index in [2.05, 4.69) is 5.32 Å². The second-order valence-corrected chi connectivity index (χ2v) is 5.76. The maximum Gasteiger partial charge on any atom is 0.305 e. The van der Waals surface area contributed by atoms with E-state index in [4.69, 9.17) is 10.4 Å². The lowest BCUT2D eigenvalue weighted by atomic mass is 9.84. The normalized spacial score (nSPS) is 12.3. The van der Waals surface area contributed by atoms with Crippen LogP contribution in [0.2, 0.25) is 0 Å². The molecule has 1 unspecified atom stereocenters. The Morgan fingerprint density at radius 2 is 2.14 bits per heavy atom. The highest BCUT2D eigenvalue weighted by molar-refractivity contribution is 5.69. The van der Waals surface area contributed by atoms with E-state index in [1.165, 1.54) is 18.2 Å². The third-order valence-corrected chi connectivity index (χ3v) is 3.08. The third kappa shape index (κ3) is 4.45. The van der Waals surface area contributed by atoms with Crippen LogP contribution >= 0.6 is 0 Å². The Balaban J connectivity index is 3.10. The Hall–Kier alpha value is -2.62. The first kappa shape index (κ1) is 16.4. The molecular formula is C14H17N3O4. The van der Waals surface area contributed by atoms with Gasteiger partial charge in [-0.3, -0.25) is 14.9 Å². The minimum absolute atomic E-state index is 0.0314. The third-order valence-electron chi connectivity index (χ3n) is 3.08. The molecule has 0 aliphatic heterocycles. The summed E-state index contributed by atoms with van der Waals surface area (Å²) in [5.41, 5.74) is -0.260. The average Bonchev–Trinajstić information content (AvgIpc) is 2.36. The van der Waals surface area contributed by atoms with Crippen molar-refractivity contribution in [2.45, 2.75) is 33.2 Å². The molecule has 112 valence electrons. The number of aliphatic carboxylic acids is 1. The first-order valence-corrected chi connectivity index (χ1v) is 6.32. The van der Waals surface area contributed by atoms with Gasteiger partial charge in [-0.15, -0.1) is 0 Å². The second-order valence-electron chi connectivity index (χ2n) is 5.76. The number of hydrogen-bond donors (Lipinski definition) is 2. The molecule has 1 atom stereocenters. The van der Waals surface area contributed by atoms with Crippen molar-refractivity contribution in [3.8, 4) is 6.07 Å². The topological polar surface area (TPSA) is 116 Å². The number of nitrogens with one attached hydrogen (secondary N) is 1. The summed E-state index contributed by atoms with van der Waals surface area (Å²) in [5.74, 6) is -0.953. The van der Waals surface area contributed by atoms with Crippen molar-refractivity contribution in [3.05, 3.63) is 33.9 Å². The molecule has 1 rings (SSSR count). The van der Waals surface area contributed by atoms with Gasteiger partial charge in [-0.05, 0) is 17.5 Å². The van der Waals surface area contributed by atoms with Gasteiger partial charge >= 0.3 is 5.97 Å². The van der Waals surface area contributed by atoms with Crippen molar-refractivity contribution in [3.63, 3.8) is 0 Å². The molecule has 0 heterocycles. The van der Waals surface area contributed by atoms with Gasteiger partial charge in [-0.1, -0.05) is 20.8 Å². The number of nitriles is 1. The molecule has 0 bridgehead atoms. The monoisotopic (exact) mass is 291 g/mol. The predicted molar refractivity (Wildman–Crippen MR) is 76.9 cm³/mol. The van der Waals surface area contributed by atoms with E-state index >= 15 is 0 Å². The van der Waals surface area contributed by atoms with Crippen molar-refractivity contribution in [1.82, 2.24) is 0 Å². The Morgan fingerprint density at radius 3 is 2.57 bits per heavy atom. The fourth-order valence-electron chi connectivity index (χ4n) is 1.82. The van der Waals surface area contributed by atoms with Gasteiger partial charge in [-0.25, -0.2) is 0 Å². The summed E-state index contributed by atoms with van der Waals surface area (Å²) in [6.07, 6.45) is -0.114. The molecule has 0 spiro atoms. The molecule has 1 aromatic carbocycles. The van der Waals surface area contributed by atoms with Crippen LogP contribution in [0.3, 0.4) is 0 Å². The Morgan fingerprint density at radius 1 is 1.52 bits per heavy atom. The van der Waals surface area contributed by atoms with Crippen LogP contribution in [-0.2, 0) is 4.79 Å². The molecule has 7 nitrogen and oxygen atoms in total. The fraction of sp³-hybridized carbons (Fsp3) is 0.429. The van der Waals surface area contributed by atoms with Crippen molar-refractivity contribution < 1.29 is 14.8 Å². The fourth-order valence-corrected chi connectivity index (χ4v) is 1.82. The van der Waals surface area contributed by atoms with Crippen LogP contribution in [-0.4, -0.2) is 22.0 Å². The maximum atomic E-state index is 10.9. The van der Waals surface area contributed by atoms with Crippen LogP contribution in [0.1, 0.15) is 32.8 Å². The minimum atomic E-state index is -0.953. The average molecular weight is 291 g/mol. The van der Waals surface area contributed by atoms with Crippen LogP contribution in [0, 0.1) is 26.9 Å². The van der Waals surface area contributed by atoms with Crippen LogP contribution in [0.25, 0.3) is 0 Å². The van der Waals surface area contributed by atoms with Gasteiger partial charge in [0.15, 0.2) is 0 Å². The molecule has 0 aliphatic rings. The number of hydrogen-bond acceptors (Lipinski definition) is 5. The largest absolute Gasteiger partial charge is 0.481 e. The molecule has 0 saturated carbocycles. The highest BCUT2D eigenvalue weighted by atomic mass is 16.6. The zero-order valence-corrected chi connectivity index (χ0v) is 12.1. The van der Waals surface area contributed by atoms with E-state index in [-0.39, 0.29) is 23.1 Å². The quantitative estimate of drug-likeness (QED) is 0.636. The summed E-state index contributed by atoms with van der Waals surface area (Å²) in [7, 11) is 0. The number of carboxylic acid groups (broad SMARTS) is 1. The van der Waals surface area contributed by atoms with E-state index in [0.717, 1.165) is 0 Å². The number of nitro benzene ring substituents is 1. The molecule has 0 amide bonds. The summed E-state index contributed by atoms with van der Waals surface area (Å²) in [5, 5.41) is 31.7. The zero-order chi connectivity index (χ0) is 16.2. The van der Waals surface area contributed by atoms with Crippen molar-refractivity contribution in [2.24, 2.45) is 5.41 Å². The lowest BCUT2D eigenvalue weighted by molar-refractivity contribution is -0.385. The molecule has 0 radical (unpaired) electrons. The highest BCUT2D eigenvalue weighted by Crippen LogP contribution is 2.28. The summed E-state index contributed by atoms with van der Waals surface area (Å²) in [6.45, 7) is 5.64. The number of nitro groups is 1. The first-order valence-electron chi connectivity index (χ1n) is 6.32. The first-order chi connectivity index (χ1) is 9.65.